The molecule has 0 saturated carbocycles. The lowest BCUT2D eigenvalue weighted by molar-refractivity contribution is -0.131. The van der Waals surface area contributed by atoms with Crippen molar-refractivity contribution in [2.45, 2.75) is 25.3 Å². The second-order valence-electron chi connectivity index (χ2n) is 7.31. The van der Waals surface area contributed by atoms with Gasteiger partial charge in [0.2, 0.25) is 5.91 Å². The first-order chi connectivity index (χ1) is 14.5. The molecule has 1 aliphatic heterocycles. The number of carboxylic acid groups (broad SMARTS) is 1. The van der Waals surface area contributed by atoms with Gasteiger partial charge in [-0.25, -0.2) is 4.79 Å². The lowest BCUT2D eigenvalue weighted by Gasteiger charge is -2.32. The third-order valence-electron chi connectivity index (χ3n) is 5.30. The van der Waals surface area contributed by atoms with Crippen molar-refractivity contribution in [3.63, 3.8) is 0 Å². The summed E-state index contributed by atoms with van der Waals surface area (Å²) in [5.74, 6) is 0.0354. The van der Waals surface area contributed by atoms with Gasteiger partial charge in [-0.05, 0) is 43.1 Å². The van der Waals surface area contributed by atoms with E-state index in [1.807, 2.05) is 54.4 Å². The van der Waals surface area contributed by atoms with E-state index in [-0.39, 0.29) is 30.8 Å². The SMILES string of the molecule is CN(C(=O)Cc1ccccc1NSSC(=O)O)[C@H](CN1CCCC1)c1ccccc1.Cl. The van der Waals surface area contributed by atoms with Crippen molar-refractivity contribution in [2.75, 3.05) is 31.4 Å². The van der Waals surface area contributed by atoms with E-state index in [1.165, 1.54) is 12.8 Å². The Morgan fingerprint density at radius 3 is 2.42 bits per heavy atom. The zero-order valence-electron chi connectivity index (χ0n) is 17.4. The van der Waals surface area contributed by atoms with E-state index in [1.54, 1.807) is 0 Å². The molecule has 31 heavy (non-hydrogen) atoms. The van der Waals surface area contributed by atoms with Crippen LogP contribution in [-0.4, -0.2) is 52.8 Å². The van der Waals surface area contributed by atoms with Crippen LogP contribution in [0.1, 0.15) is 30.0 Å². The second-order valence-corrected chi connectivity index (χ2v) is 9.19. The first-order valence-electron chi connectivity index (χ1n) is 9.98. The number of carbonyl (C=O) groups is 2. The molecule has 2 N–H and O–H groups in total. The molecule has 2 aromatic carbocycles. The van der Waals surface area contributed by atoms with Crippen molar-refractivity contribution in [1.82, 2.24) is 9.80 Å². The van der Waals surface area contributed by atoms with Crippen molar-refractivity contribution in [3.8, 4) is 0 Å². The normalized spacial score (nSPS) is 14.5. The number of amides is 1. The summed E-state index contributed by atoms with van der Waals surface area (Å²) >= 11 is 0. The van der Waals surface area contributed by atoms with Crippen LogP contribution >= 0.6 is 34.2 Å². The largest absolute Gasteiger partial charge is 0.472 e. The van der Waals surface area contributed by atoms with Gasteiger partial charge in [-0.1, -0.05) is 48.5 Å². The zero-order chi connectivity index (χ0) is 21.3. The number of nitrogens with zero attached hydrogens (tertiary/aromatic N) is 2. The smallest absolute Gasteiger partial charge is 0.377 e. The monoisotopic (exact) mass is 481 g/mol. The Morgan fingerprint density at radius 2 is 1.74 bits per heavy atom. The molecule has 3 rings (SSSR count). The van der Waals surface area contributed by atoms with Crippen molar-refractivity contribution in [1.29, 1.82) is 0 Å². The number of nitrogens with one attached hydrogen (secondary N) is 1. The number of anilines is 1. The molecule has 6 nitrogen and oxygen atoms in total. The van der Waals surface area contributed by atoms with Gasteiger partial charge in [0.15, 0.2) is 0 Å². The summed E-state index contributed by atoms with van der Waals surface area (Å²) in [6.07, 6.45) is 2.68. The molecule has 0 radical (unpaired) electrons. The summed E-state index contributed by atoms with van der Waals surface area (Å²) < 4.78 is 3.03. The fourth-order valence-electron chi connectivity index (χ4n) is 3.67. The Kier molecular flexibility index (Phi) is 10.5. The van der Waals surface area contributed by atoms with Crippen LogP contribution < -0.4 is 4.72 Å². The molecular weight excluding hydrogens is 454 g/mol. The average molecular weight is 482 g/mol. The fraction of sp³-hybridized carbons (Fsp3) is 0.364. The van der Waals surface area contributed by atoms with Crippen LogP contribution in [0.25, 0.3) is 0 Å². The molecule has 1 saturated heterocycles. The second kappa shape index (κ2) is 12.9. The van der Waals surface area contributed by atoms with Crippen LogP contribution in [0.3, 0.4) is 0 Å². The minimum atomic E-state index is -0.964. The van der Waals surface area contributed by atoms with Crippen LogP contribution in [0.2, 0.25) is 0 Å². The van der Waals surface area contributed by atoms with Crippen LogP contribution in [0.5, 0.6) is 0 Å². The van der Waals surface area contributed by atoms with E-state index < -0.39 is 5.30 Å². The van der Waals surface area contributed by atoms with Crippen LogP contribution in [0.15, 0.2) is 54.6 Å². The summed E-state index contributed by atoms with van der Waals surface area (Å²) in [7, 11) is 3.60. The van der Waals surface area contributed by atoms with E-state index in [0.717, 1.165) is 47.4 Å². The van der Waals surface area contributed by atoms with Crippen molar-refractivity contribution < 1.29 is 14.7 Å². The van der Waals surface area contributed by atoms with E-state index in [2.05, 4.69) is 21.8 Å². The first kappa shape index (κ1) is 25.4. The number of rotatable bonds is 9. The molecule has 0 spiro atoms. The highest BCUT2D eigenvalue weighted by molar-refractivity contribution is 8.82. The summed E-state index contributed by atoms with van der Waals surface area (Å²) in [5.41, 5.74) is 2.75. The van der Waals surface area contributed by atoms with Crippen molar-refractivity contribution in [2.24, 2.45) is 0 Å². The minimum Gasteiger partial charge on any atom is -0.472 e. The Balaban J connectivity index is 0.00000341. The quantitative estimate of drug-likeness (QED) is 0.370. The van der Waals surface area contributed by atoms with Crippen molar-refractivity contribution >= 4 is 51.1 Å². The van der Waals surface area contributed by atoms with Crippen LogP contribution in [0.4, 0.5) is 10.5 Å². The predicted octanol–water partition coefficient (Wildman–Crippen LogP) is 5.33. The molecule has 168 valence electrons. The Labute approximate surface area is 197 Å². The van der Waals surface area contributed by atoms with Gasteiger partial charge in [0.25, 0.3) is 0 Å². The van der Waals surface area contributed by atoms with E-state index in [4.69, 9.17) is 5.11 Å². The lowest BCUT2D eigenvalue weighted by atomic mass is 10.0. The number of halogens is 1. The highest BCUT2D eigenvalue weighted by Crippen LogP contribution is 2.28. The number of para-hydroxylation sites is 1. The average Bonchev–Trinajstić information content (AvgIpc) is 3.26. The summed E-state index contributed by atoms with van der Waals surface area (Å²) in [6, 6.07) is 17.7. The maximum absolute atomic E-state index is 13.2. The summed E-state index contributed by atoms with van der Waals surface area (Å²) in [6.45, 7) is 2.99. The maximum Gasteiger partial charge on any atom is 0.377 e. The fourth-order valence-corrected chi connectivity index (χ4v) is 4.68. The molecule has 0 aliphatic carbocycles. The Hall–Kier alpha value is -1.87. The molecule has 9 heteroatoms. The molecule has 2 aromatic rings. The number of likely N-dealkylation sites (N-methyl/N-ethyl adjacent to an activating group) is 1. The number of hydrogen-bond donors (Lipinski definition) is 2. The van der Waals surface area contributed by atoms with Gasteiger partial charge in [-0.3, -0.25) is 4.79 Å². The Morgan fingerprint density at radius 1 is 1.10 bits per heavy atom. The number of benzene rings is 2. The lowest BCUT2D eigenvalue weighted by Crippen LogP contribution is -2.39. The van der Waals surface area contributed by atoms with E-state index in [0.29, 0.717) is 10.8 Å². The third kappa shape index (κ3) is 7.64. The van der Waals surface area contributed by atoms with Gasteiger partial charge in [0.1, 0.15) is 0 Å². The Bertz CT molecular complexity index is 851. The molecule has 1 fully saturated rings. The molecule has 1 heterocycles. The van der Waals surface area contributed by atoms with Gasteiger partial charge >= 0.3 is 5.30 Å². The molecule has 1 amide bonds. The molecule has 0 aromatic heterocycles. The molecule has 0 bridgehead atoms. The highest BCUT2D eigenvalue weighted by Gasteiger charge is 2.26. The van der Waals surface area contributed by atoms with Crippen LogP contribution in [-0.2, 0) is 11.2 Å². The van der Waals surface area contributed by atoms with E-state index in [9.17, 15) is 9.59 Å². The van der Waals surface area contributed by atoms with Crippen LogP contribution in [0, 0.1) is 0 Å². The summed E-state index contributed by atoms with van der Waals surface area (Å²) in [4.78, 5) is 28.2. The van der Waals surface area contributed by atoms with E-state index >= 15 is 0 Å². The molecule has 0 unspecified atom stereocenters. The predicted molar refractivity (Wildman–Crippen MR) is 132 cm³/mol. The topological polar surface area (TPSA) is 72.9 Å². The van der Waals surface area contributed by atoms with Gasteiger partial charge in [-0.2, -0.15) is 0 Å². The zero-order valence-corrected chi connectivity index (χ0v) is 19.8. The number of likely N-dealkylation sites (tertiary alicyclic amines) is 1. The standard InChI is InChI=1S/C22H27N3O3S2.ClH/c1-24(20(16-25-13-7-8-14-25)17-9-3-2-4-10-17)21(26)15-18-11-5-6-12-19(18)23-30-29-22(27)28;/h2-6,9-12,20,23H,7-8,13-16H2,1H3,(H,27,28);1H/t20-;/m1./s1. The van der Waals surface area contributed by atoms with Gasteiger partial charge in [0.05, 0.1) is 12.5 Å². The van der Waals surface area contributed by atoms with Gasteiger partial charge in [0, 0.05) is 41.1 Å². The third-order valence-corrected chi connectivity index (χ3v) is 6.76. The first-order valence-corrected chi connectivity index (χ1v) is 12.1. The summed E-state index contributed by atoms with van der Waals surface area (Å²) in [5, 5.41) is 7.84. The van der Waals surface area contributed by atoms with Gasteiger partial charge < -0.3 is 19.6 Å². The molecule has 1 atom stereocenters. The van der Waals surface area contributed by atoms with Gasteiger partial charge in [-0.15, -0.1) is 12.4 Å². The molecular formula is C22H28ClN3O3S2. The molecule has 1 aliphatic rings. The maximum atomic E-state index is 13.2. The van der Waals surface area contributed by atoms with Crippen molar-refractivity contribution in [3.05, 3.63) is 65.7 Å². The number of carbonyl (C=O) groups excluding carboxylic acids is 1. The minimum absolute atomic E-state index is 0. The highest BCUT2D eigenvalue weighted by atomic mass is 35.5. The number of hydrogen-bond acceptors (Lipinski definition) is 6.